The Labute approximate surface area is 91.2 Å². The van der Waals surface area contributed by atoms with Gasteiger partial charge in [-0.3, -0.25) is 9.20 Å². The van der Waals surface area contributed by atoms with E-state index in [4.69, 9.17) is 5.11 Å². The van der Waals surface area contributed by atoms with Crippen molar-refractivity contribution in [2.75, 3.05) is 0 Å². The molecule has 0 atom stereocenters. The van der Waals surface area contributed by atoms with Crippen LogP contribution >= 0.6 is 11.3 Å². The van der Waals surface area contributed by atoms with Gasteiger partial charge < -0.3 is 5.11 Å². The summed E-state index contributed by atoms with van der Waals surface area (Å²) in [5, 5.41) is 10.6. The molecule has 0 saturated heterocycles. The molecular formula is C10H12N2O2S. The first-order valence-electron chi connectivity index (χ1n) is 4.73. The fourth-order valence-electron chi connectivity index (χ4n) is 1.58. The van der Waals surface area contributed by atoms with Gasteiger partial charge in [0.15, 0.2) is 4.96 Å². The van der Waals surface area contributed by atoms with Crippen molar-refractivity contribution in [2.45, 2.75) is 26.7 Å². The van der Waals surface area contributed by atoms with Crippen LogP contribution in [-0.4, -0.2) is 20.5 Å². The van der Waals surface area contributed by atoms with Gasteiger partial charge in [0.05, 0.1) is 12.1 Å². The lowest BCUT2D eigenvalue weighted by Crippen LogP contribution is -2.00. The van der Waals surface area contributed by atoms with Gasteiger partial charge in [-0.05, 0) is 20.3 Å². The quantitative estimate of drug-likeness (QED) is 0.867. The van der Waals surface area contributed by atoms with Crippen LogP contribution in [0.1, 0.15) is 23.5 Å². The summed E-state index contributed by atoms with van der Waals surface area (Å²) in [5.41, 5.74) is 3.15. The standard InChI is InChI=1S/C10H12N2O2S/c1-6-7(2)12-8(3-4-9(13)14)5-15-10(12)11-6/h5H,3-4H2,1-2H3,(H,13,14). The van der Waals surface area contributed by atoms with E-state index < -0.39 is 5.97 Å². The Kier molecular flexibility index (Phi) is 2.48. The third-order valence-electron chi connectivity index (χ3n) is 2.50. The molecule has 0 unspecified atom stereocenters. The number of aliphatic carboxylic acids is 1. The van der Waals surface area contributed by atoms with Crippen molar-refractivity contribution < 1.29 is 9.90 Å². The predicted octanol–water partition coefficient (Wildman–Crippen LogP) is 2.03. The van der Waals surface area contributed by atoms with Gasteiger partial charge in [0.25, 0.3) is 0 Å². The smallest absolute Gasteiger partial charge is 0.303 e. The Hall–Kier alpha value is -1.36. The van der Waals surface area contributed by atoms with Crippen LogP contribution in [0.2, 0.25) is 0 Å². The van der Waals surface area contributed by atoms with Crippen LogP contribution in [0, 0.1) is 13.8 Å². The fraction of sp³-hybridized carbons (Fsp3) is 0.400. The molecule has 0 bridgehead atoms. The molecule has 1 N–H and O–H groups in total. The fourth-order valence-corrected chi connectivity index (χ4v) is 2.59. The number of aryl methyl sites for hydroxylation is 3. The topological polar surface area (TPSA) is 54.6 Å². The largest absolute Gasteiger partial charge is 0.481 e. The molecule has 0 aliphatic rings. The SMILES string of the molecule is Cc1nc2scc(CCC(=O)O)n2c1C. The second-order valence-corrected chi connectivity index (χ2v) is 4.36. The molecule has 2 aromatic rings. The Bertz CT molecular complexity index is 513. The monoisotopic (exact) mass is 224 g/mol. The van der Waals surface area contributed by atoms with Crippen LogP contribution in [0.4, 0.5) is 0 Å². The molecule has 0 amide bonds. The van der Waals surface area contributed by atoms with E-state index in [0.29, 0.717) is 6.42 Å². The van der Waals surface area contributed by atoms with E-state index in [1.54, 1.807) is 11.3 Å². The Morgan fingerprint density at radius 1 is 1.60 bits per heavy atom. The maximum atomic E-state index is 10.5. The maximum absolute atomic E-state index is 10.5. The molecule has 0 fully saturated rings. The first-order chi connectivity index (χ1) is 7.09. The molecule has 0 aliphatic heterocycles. The first-order valence-corrected chi connectivity index (χ1v) is 5.61. The van der Waals surface area contributed by atoms with E-state index in [1.807, 2.05) is 23.6 Å². The van der Waals surface area contributed by atoms with E-state index in [0.717, 1.165) is 22.0 Å². The van der Waals surface area contributed by atoms with E-state index >= 15 is 0 Å². The Morgan fingerprint density at radius 3 is 3.00 bits per heavy atom. The van der Waals surface area contributed by atoms with Gasteiger partial charge in [-0.2, -0.15) is 0 Å². The number of nitrogens with zero attached hydrogens (tertiary/aromatic N) is 2. The van der Waals surface area contributed by atoms with Crippen molar-refractivity contribution >= 4 is 22.3 Å². The number of rotatable bonds is 3. The molecule has 0 spiro atoms. The maximum Gasteiger partial charge on any atom is 0.303 e. The summed E-state index contributed by atoms with van der Waals surface area (Å²) in [6.07, 6.45) is 0.731. The average molecular weight is 224 g/mol. The number of imidazole rings is 1. The molecule has 80 valence electrons. The van der Waals surface area contributed by atoms with Crippen molar-refractivity contribution in [1.82, 2.24) is 9.38 Å². The van der Waals surface area contributed by atoms with Gasteiger partial charge in [0, 0.05) is 16.8 Å². The van der Waals surface area contributed by atoms with Gasteiger partial charge in [-0.25, -0.2) is 4.98 Å². The molecule has 4 nitrogen and oxygen atoms in total. The molecule has 2 heterocycles. The van der Waals surface area contributed by atoms with Crippen LogP contribution in [0.15, 0.2) is 5.38 Å². The summed E-state index contributed by atoms with van der Waals surface area (Å²) >= 11 is 1.56. The first kappa shape index (κ1) is 10.2. The highest BCUT2D eigenvalue weighted by Gasteiger charge is 2.11. The van der Waals surface area contributed by atoms with Crippen LogP contribution in [-0.2, 0) is 11.2 Å². The van der Waals surface area contributed by atoms with Gasteiger partial charge >= 0.3 is 5.97 Å². The number of hydrogen-bond acceptors (Lipinski definition) is 3. The third kappa shape index (κ3) is 1.74. The second-order valence-electron chi connectivity index (χ2n) is 3.52. The molecule has 15 heavy (non-hydrogen) atoms. The van der Waals surface area contributed by atoms with Crippen molar-refractivity contribution in [2.24, 2.45) is 0 Å². The van der Waals surface area contributed by atoms with E-state index in [2.05, 4.69) is 4.98 Å². The number of carboxylic acid groups (broad SMARTS) is 1. The van der Waals surface area contributed by atoms with Crippen molar-refractivity contribution in [1.29, 1.82) is 0 Å². The molecule has 0 aliphatic carbocycles. The zero-order chi connectivity index (χ0) is 11.0. The minimum Gasteiger partial charge on any atom is -0.481 e. The van der Waals surface area contributed by atoms with Crippen molar-refractivity contribution in [3.05, 3.63) is 22.5 Å². The predicted molar refractivity (Wildman–Crippen MR) is 58.5 cm³/mol. The number of carboxylic acids is 1. The van der Waals surface area contributed by atoms with Crippen LogP contribution in [0.25, 0.3) is 4.96 Å². The molecule has 2 rings (SSSR count). The van der Waals surface area contributed by atoms with Crippen LogP contribution in [0.3, 0.4) is 0 Å². The highest BCUT2D eigenvalue weighted by Crippen LogP contribution is 2.21. The summed E-state index contributed by atoms with van der Waals surface area (Å²) in [5.74, 6) is -0.760. The lowest BCUT2D eigenvalue weighted by atomic mass is 10.2. The molecule has 5 heteroatoms. The zero-order valence-electron chi connectivity index (χ0n) is 8.65. The number of fused-ring (bicyclic) bond motifs is 1. The molecule has 0 radical (unpaired) electrons. The van der Waals surface area contributed by atoms with E-state index in [9.17, 15) is 4.79 Å². The summed E-state index contributed by atoms with van der Waals surface area (Å²) in [6, 6.07) is 0. The van der Waals surface area contributed by atoms with E-state index in [-0.39, 0.29) is 6.42 Å². The number of hydrogen-bond donors (Lipinski definition) is 1. The van der Waals surface area contributed by atoms with Gasteiger partial charge in [-0.15, -0.1) is 11.3 Å². The molecule has 2 aromatic heterocycles. The summed E-state index contributed by atoms with van der Waals surface area (Å²) in [7, 11) is 0. The molecular weight excluding hydrogens is 212 g/mol. The number of thiazole rings is 1. The second kappa shape index (κ2) is 3.66. The number of carbonyl (C=O) groups is 1. The van der Waals surface area contributed by atoms with Gasteiger partial charge in [-0.1, -0.05) is 0 Å². The molecule has 0 aromatic carbocycles. The van der Waals surface area contributed by atoms with E-state index in [1.165, 1.54) is 0 Å². The Morgan fingerprint density at radius 2 is 2.33 bits per heavy atom. The lowest BCUT2D eigenvalue weighted by molar-refractivity contribution is -0.136. The zero-order valence-corrected chi connectivity index (χ0v) is 9.47. The van der Waals surface area contributed by atoms with Crippen LogP contribution in [0.5, 0.6) is 0 Å². The average Bonchev–Trinajstić information content (AvgIpc) is 2.67. The summed E-state index contributed by atoms with van der Waals surface area (Å²) in [6.45, 7) is 3.97. The molecule has 0 saturated carbocycles. The number of aromatic nitrogens is 2. The minimum atomic E-state index is -0.760. The highest BCUT2D eigenvalue weighted by atomic mass is 32.1. The third-order valence-corrected chi connectivity index (χ3v) is 3.37. The van der Waals surface area contributed by atoms with Crippen molar-refractivity contribution in [3.8, 4) is 0 Å². The minimum absolute atomic E-state index is 0.169. The van der Waals surface area contributed by atoms with Gasteiger partial charge in [0.2, 0.25) is 0 Å². The summed E-state index contributed by atoms with van der Waals surface area (Å²) in [4.78, 5) is 15.8. The normalized spacial score (nSPS) is 11.1. The van der Waals surface area contributed by atoms with Gasteiger partial charge in [0.1, 0.15) is 0 Å². The lowest BCUT2D eigenvalue weighted by Gasteiger charge is -1.98. The summed E-state index contributed by atoms with van der Waals surface area (Å²) < 4.78 is 2.04. The van der Waals surface area contributed by atoms with Crippen LogP contribution < -0.4 is 0 Å². The highest BCUT2D eigenvalue weighted by molar-refractivity contribution is 7.15. The Balaban J connectivity index is 2.38. The van der Waals surface area contributed by atoms with Crippen molar-refractivity contribution in [3.63, 3.8) is 0 Å².